The molecule has 3 rings (SSSR count). The number of anilines is 1. The van der Waals surface area contributed by atoms with Crippen molar-refractivity contribution in [3.8, 4) is 0 Å². The number of benzene rings is 2. The molecule has 1 heterocycles. The van der Waals surface area contributed by atoms with Gasteiger partial charge in [-0.2, -0.15) is 0 Å². The van der Waals surface area contributed by atoms with E-state index in [9.17, 15) is 4.39 Å². The van der Waals surface area contributed by atoms with Crippen LogP contribution in [0, 0.1) is 12.7 Å². The van der Waals surface area contributed by atoms with Crippen molar-refractivity contribution in [2.75, 3.05) is 24.5 Å². The third-order valence-corrected chi connectivity index (χ3v) is 4.55. The fourth-order valence-corrected chi connectivity index (χ4v) is 2.98. The zero-order valence-electron chi connectivity index (χ0n) is 16.4. The molecule has 0 aromatic heterocycles. The van der Waals surface area contributed by atoms with Crippen molar-refractivity contribution < 1.29 is 4.39 Å². The van der Waals surface area contributed by atoms with Gasteiger partial charge >= 0.3 is 0 Å². The zero-order valence-corrected chi connectivity index (χ0v) is 18.7. The molecule has 0 spiro atoms. The van der Waals surface area contributed by atoms with E-state index < -0.39 is 0 Å². The van der Waals surface area contributed by atoms with Crippen LogP contribution in [0.3, 0.4) is 0 Å². The predicted octanol–water partition coefficient (Wildman–Crippen LogP) is 4.38. The number of nitrogens with zero attached hydrogens (tertiary/aromatic N) is 2. The fraction of sp³-hybridized carbons (Fsp3) is 0.318. The molecule has 0 aliphatic carbocycles. The van der Waals surface area contributed by atoms with Gasteiger partial charge in [-0.25, -0.2) is 9.38 Å². The molecule has 150 valence electrons. The van der Waals surface area contributed by atoms with Gasteiger partial charge in [0.1, 0.15) is 5.82 Å². The van der Waals surface area contributed by atoms with Crippen LogP contribution >= 0.6 is 24.0 Å². The number of guanidine groups is 1. The number of halogens is 2. The lowest BCUT2D eigenvalue weighted by Crippen LogP contribution is -2.36. The lowest BCUT2D eigenvalue weighted by Gasteiger charge is -2.18. The molecule has 2 aromatic rings. The van der Waals surface area contributed by atoms with Crippen LogP contribution in [0.25, 0.3) is 0 Å². The minimum absolute atomic E-state index is 0. The summed E-state index contributed by atoms with van der Waals surface area (Å²) in [6.07, 6.45) is 4.37. The Morgan fingerprint density at radius 2 is 1.86 bits per heavy atom. The molecule has 0 unspecified atom stereocenters. The predicted molar refractivity (Wildman–Crippen MR) is 126 cm³/mol. The first-order valence-corrected chi connectivity index (χ1v) is 9.42. The van der Waals surface area contributed by atoms with E-state index in [1.165, 1.54) is 5.69 Å². The average Bonchev–Trinajstić information content (AvgIpc) is 3.22. The molecule has 0 saturated heterocycles. The number of aliphatic imine (C=N–C) groups is 1. The van der Waals surface area contributed by atoms with Crippen LogP contribution in [0.15, 0.2) is 59.6 Å². The van der Waals surface area contributed by atoms with E-state index >= 15 is 0 Å². The van der Waals surface area contributed by atoms with Crippen LogP contribution in [0.5, 0.6) is 0 Å². The largest absolute Gasteiger partial charge is 0.364 e. The fourth-order valence-electron chi connectivity index (χ4n) is 2.98. The van der Waals surface area contributed by atoms with Gasteiger partial charge in [-0.3, -0.25) is 0 Å². The molecule has 0 fully saturated rings. The molecule has 0 amide bonds. The molecule has 4 nitrogen and oxygen atoms in total. The number of rotatable bonds is 6. The van der Waals surface area contributed by atoms with Crippen molar-refractivity contribution in [1.82, 2.24) is 10.6 Å². The summed E-state index contributed by atoms with van der Waals surface area (Å²) in [5.41, 5.74) is 3.94. The normalized spacial score (nSPS) is 13.4. The third-order valence-electron chi connectivity index (χ3n) is 4.55. The van der Waals surface area contributed by atoms with Gasteiger partial charge in [-0.15, -0.1) is 24.0 Å². The summed E-state index contributed by atoms with van der Waals surface area (Å²) in [4.78, 5) is 7.00. The summed E-state index contributed by atoms with van der Waals surface area (Å²) >= 11 is 0. The molecule has 0 bridgehead atoms. The molecule has 28 heavy (non-hydrogen) atoms. The maximum absolute atomic E-state index is 13.7. The molecule has 6 heteroatoms. The van der Waals surface area contributed by atoms with Crippen molar-refractivity contribution in [2.45, 2.75) is 26.9 Å². The lowest BCUT2D eigenvalue weighted by molar-refractivity contribution is 0.615. The topological polar surface area (TPSA) is 39.7 Å². The highest BCUT2D eigenvalue weighted by Crippen LogP contribution is 2.19. The summed E-state index contributed by atoms with van der Waals surface area (Å²) < 4.78 is 13.7. The molecule has 2 aromatic carbocycles. The van der Waals surface area contributed by atoms with E-state index in [4.69, 9.17) is 0 Å². The summed E-state index contributed by atoms with van der Waals surface area (Å²) in [7, 11) is 0. The minimum Gasteiger partial charge on any atom is -0.364 e. The number of hydrogen-bond acceptors (Lipinski definition) is 2. The highest BCUT2D eigenvalue weighted by atomic mass is 127. The van der Waals surface area contributed by atoms with Crippen LogP contribution in [0.2, 0.25) is 0 Å². The van der Waals surface area contributed by atoms with E-state index in [0.717, 1.165) is 36.7 Å². The van der Waals surface area contributed by atoms with Gasteiger partial charge in [-0.1, -0.05) is 36.4 Å². The van der Waals surface area contributed by atoms with Gasteiger partial charge < -0.3 is 15.5 Å². The summed E-state index contributed by atoms with van der Waals surface area (Å²) in [6.45, 7) is 7.62. The molecule has 1 aliphatic rings. The molecule has 0 saturated carbocycles. The Balaban J connectivity index is 0.00000280. The van der Waals surface area contributed by atoms with Gasteiger partial charge in [0.15, 0.2) is 5.96 Å². The first-order valence-electron chi connectivity index (χ1n) is 9.42. The van der Waals surface area contributed by atoms with Crippen LogP contribution in [0.4, 0.5) is 10.1 Å². The lowest BCUT2D eigenvalue weighted by atomic mass is 10.1. The quantitative estimate of drug-likeness (QED) is 0.271. The SMILES string of the molecule is CCNC(=NCc1cccc(N2CC=CC2)c1)NCc1ccc(C)c(F)c1.I. The van der Waals surface area contributed by atoms with Crippen molar-refractivity contribution in [1.29, 1.82) is 0 Å². The van der Waals surface area contributed by atoms with Crippen molar-refractivity contribution in [2.24, 2.45) is 4.99 Å². The second-order valence-corrected chi connectivity index (χ2v) is 6.68. The molecular formula is C22H28FIN4. The Morgan fingerprint density at radius 1 is 1.07 bits per heavy atom. The van der Waals surface area contributed by atoms with E-state index in [1.807, 2.05) is 13.0 Å². The Morgan fingerprint density at radius 3 is 2.57 bits per heavy atom. The van der Waals surface area contributed by atoms with Gasteiger partial charge in [0, 0.05) is 31.9 Å². The summed E-state index contributed by atoms with van der Waals surface area (Å²) in [5, 5.41) is 6.52. The molecule has 2 N–H and O–H groups in total. The van der Waals surface area contributed by atoms with Crippen LogP contribution in [-0.4, -0.2) is 25.6 Å². The Hall–Kier alpha value is -2.09. The zero-order chi connectivity index (χ0) is 19.1. The van der Waals surface area contributed by atoms with Crippen molar-refractivity contribution in [3.63, 3.8) is 0 Å². The number of hydrogen-bond donors (Lipinski definition) is 2. The van der Waals surface area contributed by atoms with Crippen LogP contribution < -0.4 is 15.5 Å². The Kier molecular flexibility index (Phi) is 8.76. The van der Waals surface area contributed by atoms with Crippen LogP contribution in [-0.2, 0) is 13.1 Å². The highest BCUT2D eigenvalue weighted by Gasteiger charge is 2.08. The summed E-state index contributed by atoms with van der Waals surface area (Å²) in [6, 6.07) is 13.8. The molecule has 1 aliphatic heterocycles. The smallest absolute Gasteiger partial charge is 0.191 e. The molecule has 0 radical (unpaired) electrons. The molecular weight excluding hydrogens is 466 g/mol. The van der Waals surface area contributed by atoms with Gasteiger partial charge in [0.2, 0.25) is 0 Å². The van der Waals surface area contributed by atoms with Crippen molar-refractivity contribution >= 4 is 35.6 Å². The van der Waals surface area contributed by atoms with E-state index in [2.05, 4.69) is 56.9 Å². The second-order valence-electron chi connectivity index (χ2n) is 6.68. The van der Waals surface area contributed by atoms with Gasteiger partial charge in [-0.05, 0) is 48.7 Å². The molecule has 0 atom stereocenters. The summed E-state index contributed by atoms with van der Waals surface area (Å²) in [5.74, 6) is 0.552. The maximum Gasteiger partial charge on any atom is 0.191 e. The first kappa shape index (κ1) is 22.2. The second kappa shape index (κ2) is 11.0. The highest BCUT2D eigenvalue weighted by molar-refractivity contribution is 14.0. The third kappa shape index (κ3) is 6.22. The van der Waals surface area contributed by atoms with E-state index in [1.54, 1.807) is 19.1 Å². The van der Waals surface area contributed by atoms with Gasteiger partial charge in [0.25, 0.3) is 0 Å². The van der Waals surface area contributed by atoms with Crippen LogP contribution in [0.1, 0.15) is 23.6 Å². The van der Waals surface area contributed by atoms with Crippen molar-refractivity contribution in [3.05, 3.63) is 77.1 Å². The number of nitrogens with one attached hydrogen (secondary N) is 2. The van der Waals surface area contributed by atoms with E-state index in [0.29, 0.717) is 18.7 Å². The Bertz CT molecular complexity index is 827. The monoisotopic (exact) mass is 494 g/mol. The maximum atomic E-state index is 13.7. The minimum atomic E-state index is -0.176. The first-order chi connectivity index (χ1) is 13.2. The van der Waals surface area contributed by atoms with Gasteiger partial charge in [0.05, 0.1) is 6.54 Å². The Labute approximate surface area is 184 Å². The standard InChI is InChI=1S/C22H27FN4.HI/c1-3-24-22(26-16-19-10-9-17(2)21(23)14-19)25-15-18-7-6-8-20(13-18)27-11-4-5-12-27;/h4-10,13-14H,3,11-12,15-16H2,1-2H3,(H2,24,25,26);1H. The number of aryl methyl sites for hydroxylation is 1. The van der Waals surface area contributed by atoms with E-state index in [-0.39, 0.29) is 29.8 Å². The average molecular weight is 494 g/mol.